The second-order valence-electron chi connectivity index (χ2n) is 9.78. The highest BCUT2D eigenvalue weighted by Crippen LogP contribution is 2.41. The van der Waals surface area contributed by atoms with Gasteiger partial charge in [-0.1, -0.05) is 36.4 Å². The number of carbonyl (C=O) groups excluding carboxylic acids is 3. The molecule has 1 aromatic heterocycles. The predicted molar refractivity (Wildman–Crippen MR) is 154 cm³/mol. The molecule has 0 unspecified atom stereocenters. The summed E-state index contributed by atoms with van der Waals surface area (Å²) >= 11 is 0. The van der Waals surface area contributed by atoms with Gasteiger partial charge in [0.25, 0.3) is 5.91 Å². The van der Waals surface area contributed by atoms with Crippen LogP contribution in [0, 0.1) is 0 Å². The van der Waals surface area contributed by atoms with E-state index in [1.54, 1.807) is 38.0 Å². The first kappa shape index (κ1) is 26.4. The van der Waals surface area contributed by atoms with Crippen molar-refractivity contribution in [3.05, 3.63) is 95.7 Å². The minimum Gasteiger partial charge on any atom is -0.478 e. The Balaban J connectivity index is 1.53. The first-order valence-corrected chi connectivity index (χ1v) is 12.7. The van der Waals surface area contributed by atoms with Gasteiger partial charge in [-0.05, 0) is 42.0 Å². The summed E-state index contributed by atoms with van der Waals surface area (Å²) in [7, 11) is 4.95. The third-order valence-electron chi connectivity index (χ3n) is 6.99. The summed E-state index contributed by atoms with van der Waals surface area (Å²) in [5.41, 5.74) is 4.47. The number of carboxylic acid groups (broad SMARTS) is 1. The zero-order valence-corrected chi connectivity index (χ0v) is 22.3. The van der Waals surface area contributed by atoms with Crippen LogP contribution in [0.5, 0.6) is 0 Å². The molecule has 0 bridgehead atoms. The van der Waals surface area contributed by atoms with E-state index in [0.717, 1.165) is 10.9 Å². The van der Waals surface area contributed by atoms with E-state index < -0.39 is 5.97 Å². The summed E-state index contributed by atoms with van der Waals surface area (Å²) in [6, 6.07) is 21.5. The smallest absolute Gasteiger partial charge is 0.335 e. The molecular formula is C31H28N4O5. The molecule has 0 fully saturated rings. The maximum atomic E-state index is 13.5. The van der Waals surface area contributed by atoms with Gasteiger partial charge >= 0.3 is 5.97 Å². The van der Waals surface area contributed by atoms with Crippen LogP contribution in [0.15, 0.2) is 79.0 Å². The number of rotatable bonds is 7. The summed E-state index contributed by atoms with van der Waals surface area (Å²) in [4.78, 5) is 52.7. The molecule has 4 aromatic rings. The van der Waals surface area contributed by atoms with Crippen molar-refractivity contribution in [2.75, 3.05) is 31.4 Å². The van der Waals surface area contributed by atoms with Crippen molar-refractivity contribution in [2.24, 2.45) is 0 Å². The third kappa shape index (κ3) is 4.84. The number of fused-ring (bicyclic) bond motifs is 2. The molecule has 0 radical (unpaired) electrons. The fourth-order valence-corrected chi connectivity index (χ4v) is 4.81. The second kappa shape index (κ2) is 10.5. The normalized spacial score (nSPS) is 13.8. The van der Waals surface area contributed by atoms with E-state index in [0.29, 0.717) is 33.7 Å². The van der Waals surface area contributed by atoms with E-state index in [4.69, 9.17) is 0 Å². The van der Waals surface area contributed by atoms with Gasteiger partial charge in [0.15, 0.2) is 0 Å². The van der Waals surface area contributed by atoms with Gasteiger partial charge in [-0.2, -0.15) is 0 Å². The molecule has 9 heteroatoms. The van der Waals surface area contributed by atoms with Gasteiger partial charge in [0.05, 0.1) is 28.0 Å². The molecule has 202 valence electrons. The molecule has 9 nitrogen and oxygen atoms in total. The number of anilines is 2. The highest BCUT2D eigenvalue weighted by Gasteiger charge is 2.33. The van der Waals surface area contributed by atoms with E-state index in [1.165, 1.54) is 21.9 Å². The van der Waals surface area contributed by atoms with Crippen LogP contribution >= 0.6 is 0 Å². The molecule has 2 amide bonds. The molecule has 40 heavy (non-hydrogen) atoms. The van der Waals surface area contributed by atoms with Crippen molar-refractivity contribution >= 4 is 57.2 Å². The summed E-state index contributed by atoms with van der Waals surface area (Å²) in [5.74, 6) is -1.60. The molecule has 0 aliphatic carbocycles. The molecule has 3 aromatic carbocycles. The molecule has 0 saturated carbocycles. The standard InChI is InChI=1S/C31H28N4O5/c1-33(2)26(36)13-14-27(37)35-16-15-20-17-22(10-12-24(20)35)32-29(19-7-5-4-6-8-19)28-23-11-9-21(31(39)40)18-25(23)34(3)30(28)38/h4-12,15-18,32H,13-14H2,1-3H3,(H,39,40). The van der Waals surface area contributed by atoms with Crippen LogP contribution in [0.1, 0.15) is 39.1 Å². The predicted octanol–water partition coefficient (Wildman–Crippen LogP) is 4.80. The SMILES string of the molecule is CN(C)C(=O)CCC(=O)n1ccc2cc(NC(=C3C(=O)N(C)c4cc(C(=O)O)ccc43)c3ccccc3)ccc21. The van der Waals surface area contributed by atoms with E-state index in [-0.39, 0.29) is 36.1 Å². The van der Waals surface area contributed by atoms with Crippen molar-refractivity contribution in [1.29, 1.82) is 0 Å². The number of nitrogens with one attached hydrogen (secondary N) is 1. The van der Waals surface area contributed by atoms with Gasteiger partial charge < -0.3 is 20.2 Å². The van der Waals surface area contributed by atoms with Gasteiger partial charge in [-0.3, -0.25) is 19.0 Å². The van der Waals surface area contributed by atoms with Gasteiger partial charge in [0.1, 0.15) is 0 Å². The number of amides is 2. The number of hydrogen-bond acceptors (Lipinski definition) is 5. The van der Waals surface area contributed by atoms with E-state index in [1.807, 2.05) is 54.6 Å². The van der Waals surface area contributed by atoms with Crippen molar-refractivity contribution in [1.82, 2.24) is 9.47 Å². The number of likely N-dealkylation sites (N-methyl/N-ethyl adjacent to an activating group) is 1. The van der Waals surface area contributed by atoms with Crippen LogP contribution in [0.4, 0.5) is 11.4 Å². The summed E-state index contributed by atoms with van der Waals surface area (Å²) in [5, 5.41) is 13.7. The minimum absolute atomic E-state index is 0.101. The average molecular weight is 537 g/mol. The van der Waals surface area contributed by atoms with Crippen molar-refractivity contribution in [3.63, 3.8) is 0 Å². The highest BCUT2D eigenvalue weighted by molar-refractivity contribution is 6.38. The molecule has 2 heterocycles. The molecule has 5 rings (SSSR count). The van der Waals surface area contributed by atoms with Crippen LogP contribution in [0.25, 0.3) is 22.2 Å². The lowest BCUT2D eigenvalue weighted by Gasteiger charge is -2.16. The number of nitrogens with zero attached hydrogens (tertiary/aromatic N) is 3. The highest BCUT2D eigenvalue weighted by atomic mass is 16.4. The topological polar surface area (TPSA) is 112 Å². The molecule has 0 spiro atoms. The average Bonchev–Trinajstić information content (AvgIpc) is 3.48. The van der Waals surface area contributed by atoms with E-state index in [9.17, 15) is 24.3 Å². The zero-order chi connectivity index (χ0) is 28.6. The van der Waals surface area contributed by atoms with Gasteiger partial charge in [-0.15, -0.1) is 0 Å². The molecule has 2 N–H and O–H groups in total. The van der Waals surface area contributed by atoms with Gasteiger partial charge in [0, 0.05) is 56.8 Å². The lowest BCUT2D eigenvalue weighted by atomic mass is 9.99. The summed E-state index contributed by atoms with van der Waals surface area (Å²) in [6.45, 7) is 0. The van der Waals surface area contributed by atoms with Crippen LogP contribution in [-0.4, -0.2) is 59.4 Å². The Morgan fingerprint density at radius 3 is 2.35 bits per heavy atom. The number of carbonyl (C=O) groups is 4. The Morgan fingerprint density at radius 2 is 1.65 bits per heavy atom. The molecule has 0 atom stereocenters. The Bertz CT molecular complexity index is 1700. The van der Waals surface area contributed by atoms with Gasteiger partial charge in [-0.25, -0.2) is 4.79 Å². The summed E-state index contributed by atoms with van der Waals surface area (Å²) < 4.78 is 1.55. The quantitative estimate of drug-likeness (QED) is 0.328. The van der Waals surface area contributed by atoms with E-state index in [2.05, 4.69) is 5.32 Å². The van der Waals surface area contributed by atoms with Crippen molar-refractivity contribution < 1.29 is 24.3 Å². The fraction of sp³-hybridized carbons (Fsp3) is 0.161. The summed E-state index contributed by atoms with van der Waals surface area (Å²) in [6.07, 6.45) is 1.93. The number of aromatic carboxylic acids is 1. The fourth-order valence-electron chi connectivity index (χ4n) is 4.81. The molecular weight excluding hydrogens is 508 g/mol. The molecule has 1 aliphatic rings. The van der Waals surface area contributed by atoms with Gasteiger partial charge in [0.2, 0.25) is 11.8 Å². The lowest BCUT2D eigenvalue weighted by molar-refractivity contribution is -0.128. The first-order valence-electron chi connectivity index (χ1n) is 12.7. The van der Waals surface area contributed by atoms with Crippen LogP contribution < -0.4 is 10.2 Å². The van der Waals surface area contributed by atoms with Crippen molar-refractivity contribution in [3.8, 4) is 0 Å². The maximum absolute atomic E-state index is 13.5. The number of benzene rings is 3. The number of hydrogen-bond donors (Lipinski definition) is 2. The van der Waals surface area contributed by atoms with Crippen LogP contribution in [0.2, 0.25) is 0 Å². The Morgan fingerprint density at radius 1 is 0.900 bits per heavy atom. The zero-order valence-electron chi connectivity index (χ0n) is 22.3. The molecule has 0 saturated heterocycles. The Hall–Kier alpha value is -5.18. The number of aromatic nitrogens is 1. The monoisotopic (exact) mass is 536 g/mol. The second-order valence-corrected chi connectivity index (χ2v) is 9.78. The third-order valence-corrected chi connectivity index (χ3v) is 6.99. The minimum atomic E-state index is -1.06. The molecule has 1 aliphatic heterocycles. The number of carboxylic acids is 1. The Kier molecular flexibility index (Phi) is 6.96. The largest absolute Gasteiger partial charge is 0.478 e. The first-order chi connectivity index (χ1) is 19.2. The Labute approximate surface area is 230 Å². The van der Waals surface area contributed by atoms with Crippen LogP contribution in [-0.2, 0) is 9.59 Å². The maximum Gasteiger partial charge on any atom is 0.335 e. The lowest BCUT2D eigenvalue weighted by Crippen LogP contribution is -2.23. The van der Waals surface area contributed by atoms with E-state index >= 15 is 0 Å². The van der Waals surface area contributed by atoms with Crippen molar-refractivity contribution in [2.45, 2.75) is 12.8 Å². The van der Waals surface area contributed by atoms with Crippen LogP contribution in [0.3, 0.4) is 0 Å².